The second kappa shape index (κ2) is 9.69. The highest BCUT2D eigenvalue weighted by atomic mass is 32.2. The van der Waals surface area contributed by atoms with Crippen LogP contribution < -0.4 is 20.1 Å². The lowest BCUT2D eigenvalue weighted by atomic mass is 10.1. The third-order valence-electron chi connectivity index (χ3n) is 4.76. The van der Waals surface area contributed by atoms with Gasteiger partial charge in [-0.15, -0.1) is 5.10 Å². The highest BCUT2D eigenvalue weighted by molar-refractivity contribution is 7.99. The maximum absolute atomic E-state index is 12.6. The van der Waals surface area contributed by atoms with Crippen LogP contribution in [0.25, 0.3) is 0 Å². The van der Waals surface area contributed by atoms with Crippen molar-refractivity contribution in [3.05, 3.63) is 53.6 Å². The number of anilines is 1. The van der Waals surface area contributed by atoms with Crippen LogP contribution in [0, 0.1) is 0 Å². The highest BCUT2D eigenvalue weighted by Crippen LogP contribution is 2.32. The maximum Gasteiger partial charge on any atom is 0.251 e. The molecule has 0 spiro atoms. The lowest BCUT2D eigenvalue weighted by Gasteiger charge is -2.21. The standard InChI is InChI=1S/C21H22N6O4S/c1-13(15-5-8-17-18(11-15)31-10-9-30-17)22-20(29)14-3-6-16(7-4-14)23-19(28)12-32-21-24-25-26-27(21)2/h3-8,11,13H,9-10,12H2,1-2H3,(H,22,29)(H,23,28)/t13-/m0/s1. The monoisotopic (exact) mass is 454 g/mol. The number of fused-ring (bicyclic) bond motifs is 1. The van der Waals surface area contributed by atoms with Gasteiger partial charge in [0.15, 0.2) is 11.5 Å². The molecule has 0 radical (unpaired) electrons. The Balaban J connectivity index is 1.30. The molecule has 0 unspecified atom stereocenters. The number of ether oxygens (including phenoxy) is 2. The minimum absolute atomic E-state index is 0.170. The SMILES string of the molecule is C[C@H](NC(=O)c1ccc(NC(=O)CSc2nnnn2C)cc1)c1ccc2c(c1)OCCO2. The van der Waals surface area contributed by atoms with Gasteiger partial charge in [0.05, 0.1) is 11.8 Å². The number of thioether (sulfide) groups is 1. The van der Waals surface area contributed by atoms with Gasteiger partial charge in [0.25, 0.3) is 5.91 Å². The van der Waals surface area contributed by atoms with Crippen molar-refractivity contribution in [3.8, 4) is 11.5 Å². The summed E-state index contributed by atoms with van der Waals surface area (Å²) in [6.45, 7) is 2.95. The Bertz CT molecular complexity index is 1120. The van der Waals surface area contributed by atoms with Crippen LogP contribution in [0.3, 0.4) is 0 Å². The Morgan fingerprint density at radius 1 is 1.12 bits per heavy atom. The summed E-state index contributed by atoms with van der Waals surface area (Å²) in [6, 6.07) is 12.1. The van der Waals surface area contributed by atoms with Crippen LogP contribution in [0.2, 0.25) is 0 Å². The third-order valence-corrected chi connectivity index (χ3v) is 5.77. The number of amides is 2. The average Bonchev–Trinajstić information content (AvgIpc) is 3.22. The second-order valence-corrected chi connectivity index (χ2v) is 8.04. The predicted octanol–water partition coefficient (Wildman–Crippen LogP) is 2.20. The van der Waals surface area contributed by atoms with E-state index in [2.05, 4.69) is 26.2 Å². The largest absolute Gasteiger partial charge is 0.486 e. The first-order chi connectivity index (χ1) is 15.5. The van der Waals surface area contributed by atoms with Crippen LogP contribution in [-0.2, 0) is 11.8 Å². The zero-order valence-corrected chi connectivity index (χ0v) is 18.4. The number of tetrazole rings is 1. The molecule has 0 aliphatic carbocycles. The van der Waals surface area contributed by atoms with E-state index in [1.165, 1.54) is 16.4 Å². The molecule has 2 N–H and O–H groups in total. The number of hydrogen-bond acceptors (Lipinski definition) is 8. The highest BCUT2D eigenvalue weighted by Gasteiger charge is 2.17. The van der Waals surface area contributed by atoms with Gasteiger partial charge in [-0.05, 0) is 59.3 Å². The Morgan fingerprint density at radius 3 is 2.59 bits per heavy atom. The summed E-state index contributed by atoms with van der Waals surface area (Å²) in [5.41, 5.74) is 2.01. The van der Waals surface area contributed by atoms with Gasteiger partial charge in [-0.2, -0.15) is 0 Å². The molecule has 0 bridgehead atoms. The smallest absolute Gasteiger partial charge is 0.251 e. The van der Waals surface area contributed by atoms with E-state index in [0.717, 1.165) is 5.56 Å². The van der Waals surface area contributed by atoms with Gasteiger partial charge in [-0.3, -0.25) is 9.59 Å². The molecule has 166 valence electrons. The molecule has 0 fully saturated rings. The van der Waals surface area contributed by atoms with Gasteiger partial charge in [0, 0.05) is 18.3 Å². The zero-order valence-electron chi connectivity index (χ0n) is 17.6. The number of nitrogens with one attached hydrogen (secondary N) is 2. The summed E-state index contributed by atoms with van der Waals surface area (Å²) >= 11 is 1.24. The molecule has 10 nitrogen and oxygen atoms in total. The Hall–Kier alpha value is -3.60. The first kappa shape index (κ1) is 21.6. The molecule has 3 aromatic rings. The van der Waals surface area contributed by atoms with Gasteiger partial charge in [0.2, 0.25) is 11.1 Å². The van der Waals surface area contributed by atoms with Crippen molar-refractivity contribution in [3.63, 3.8) is 0 Å². The van der Waals surface area contributed by atoms with Crippen LogP contribution in [0.4, 0.5) is 5.69 Å². The van der Waals surface area contributed by atoms with Crippen molar-refractivity contribution in [2.45, 2.75) is 18.1 Å². The Labute approximate surface area is 188 Å². The van der Waals surface area contributed by atoms with Gasteiger partial charge in [0.1, 0.15) is 13.2 Å². The van der Waals surface area contributed by atoms with Crippen molar-refractivity contribution < 1.29 is 19.1 Å². The topological polar surface area (TPSA) is 120 Å². The van der Waals surface area contributed by atoms with Crippen LogP contribution in [0.1, 0.15) is 28.9 Å². The van der Waals surface area contributed by atoms with Crippen LogP contribution in [0.5, 0.6) is 11.5 Å². The minimum Gasteiger partial charge on any atom is -0.486 e. The normalized spacial score (nSPS) is 13.3. The fourth-order valence-electron chi connectivity index (χ4n) is 3.07. The van der Waals surface area contributed by atoms with Crippen molar-refractivity contribution in [2.24, 2.45) is 7.05 Å². The number of benzene rings is 2. The van der Waals surface area contributed by atoms with E-state index in [9.17, 15) is 9.59 Å². The number of aromatic nitrogens is 4. The van der Waals surface area contributed by atoms with Gasteiger partial charge in [-0.25, -0.2) is 4.68 Å². The van der Waals surface area contributed by atoms with Crippen molar-refractivity contribution in [1.82, 2.24) is 25.5 Å². The van der Waals surface area contributed by atoms with Gasteiger partial charge in [-0.1, -0.05) is 17.8 Å². The Kier molecular flexibility index (Phi) is 6.55. The summed E-state index contributed by atoms with van der Waals surface area (Å²) in [5.74, 6) is 1.16. The summed E-state index contributed by atoms with van der Waals surface area (Å²) < 4.78 is 12.6. The van der Waals surface area contributed by atoms with Crippen LogP contribution >= 0.6 is 11.8 Å². The average molecular weight is 455 g/mol. The molecule has 0 saturated heterocycles. The fraction of sp³-hybridized carbons (Fsp3) is 0.286. The molecule has 2 heterocycles. The van der Waals surface area contributed by atoms with E-state index in [1.54, 1.807) is 31.3 Å². The maximum atomic E-state index is 12.6. The minimum atomic E-state index is -0.218. The molecular weight excluding hydrogens is 432 g/mol. The number of rotatable bonds is 7. The number of carbonyl (C=O) groups excluding carboxylic acids is 2. The van der Waals surface area contributed by atoms with E-state index in [4.69, 9.17) is 9.47 Å². The third kappa shape index (κ3) is 5.17. The molecule has 1 atom stereocenters. The van der Waals surface area contributed by atoms with Gasteiger partial charge >= 0.3 is 0 Å². The molecule has 11 heteroatoms. The molecule has 1 aliphatic rings. The molecule has 2 aromatic carbocycles. The summed E-state index contributed by atoms with van der Waals surface area (Å²) in [6.07, 6.45) is 0. The quantitative estimate of drug-likeness (QED) is 0.522. The van der Waals surface area contributed by atoms with Crippen LogP contribution in [0.15, 0.2) is 47.6 Å². The molecular formula is C21H22N6O4S. The number of aryl methyl sites for hydroxylation is 1. The van der Waals surface area contributed by atoms with E-state index >= 15 is 0 Å². The van der Waals surface area contributed by atoms with Gasteiger partial charge < -0.3 is 20.1 Å². The molecule has 32 heavy (non-hydrogen) atoms. The van der Waals surface area contributed by atoms with E-state index in [1.807, 2.05) is 25.1 Å². The van der Waals surface area contributed by atoms with Crippen molar-refractivity contribution >= 4 is 29.3 Å². The van der Waals surface area contributed by atoms with E-state index in [0.29, 0.717) is 41.1 Å². The van der Waals surface area contributed by atoms with Crippen LogP contribution in [-0.4, -0.2) is 51.0 Å². The molecule has 4 rings (SSSR count). The first-order valence-corrected chi connectivity index (χ1v) is 10.9. The molecule has 1 aliphatic heterocycles. The van der Waals surface area contributed by atoms with E-state index < -0.39 is 0 Å². The summed E-state index contributed by atoms with van der Waals surface area (Å²) in [7, 11) is 1.71. The van der Waals surface area contributed by atoms with E-state index in [-0.39, 0.29) is 23.6 Å². The zero-order chi connectivity index (χ0) is 22.5. The Morgan fingerprint density at radius 2 is 1.88 bits per heavy atom. The van der Waals surface area contributed by atoms with Crippen molar-refractivity contribution in [2.75, 3.05) is 24.3 Å². The molecule has 1 aromatic heterocycles. The van der Waals surface area contributed by atoms with Crippen molar-refractivity contribution in [1.29, 1.82) is 0 Å². The summed E-state index contributed by atoms with van der Waals surface area (Å²) in [4.78, 5) is 24.8. The summed E-state index contributed by atoms with van der Waals surface area (Å²) in [5, 5.41) is 17.4. The predicted molar refractivity (Wildman–Crippen MR) is 118 cm³/mol. The lowest BCUT2D eigenvalue weighted by molar-refractivity contribution is -0.113. The molecule has 0 saturated carbocycles. The number of carbonyl (C=O) groups is 2. The lowest BCUT2D eigenvalue weighted by Crippen LogP contribution is -2.27. The second-order valence-electron chi connectivity index (χ2n) is 7.10. The fourth-order valence-corrected chi connectivity index (χ4v) is 3.72. The molecule has 2 amide bonds. The number of nitrogens with zero attached hydrogens (tertiary/aromatic N) is 4. The first-order valence-electron chi connectivity index (χ1n) is 9.95. The number of hydrogen-bond donors (Lipinski definition) is 2.